The van der Waals surface area contributed by atoms with Gasteiger partial charge in [0, 0.05) is 24.4 Å². The summed E-state index contributed by atoms with van der Waals surface area (Å²) >= 11 is 3.27. The number of carbonyl (C=O) groups excluding carboxylic acids is 1. The molecule has 1 N–H and O–H groups in total. The van der Waals surface area contributed by atoms with Gasteiger partial charge in [-0.25, -0.2) is 9.37 Å². The van der Waals surface area contributed by atoms with Crippen LogP contribution in [0.1, 0.15) is 41.5 Å². The van der Waals surface area contributed by atoms with Crippen molar-refractivity contribution in [2.24, 2.45) is 0 Å². The number of alkyl halides is 3. The van der Waals surface area contributed by atoms with Crippen molar-refractivity contribution in [3.8, 4) is 17.1 Å². The van der Waals surface area contributed by atoms with Crippen LogP contribution in [-0.4, -0.2) is 45.5 Å². The van der Waals surface area contributed by atoms with Crippen molar-refractivity contribution < 1.29 is 36.2 Å². The third-order valence-electron chi connectivity index (χ3n) is 6.92. The van der Waals surface area contributed by atoms with Crippen molar-refractivity contribution in [3.05, 3.63) is 81.6 Å². The molecule has 2 aromatic heterocycles. The van der Waals surface area contributed by atoms with Gasteiger partial charge in [-0.05, 0) is 48.2 Å². The van der Waals surface area contributed by atoms with Crippen molar-refractivity contribution in [3.63, 3.8) is 0 Å². The van der Waals surface area contributed by atoms with E-state index >= 15 is 0 Å². The molecule has 3 heterocycles. The number of carbonyl (C=O) groups is 1. The number of oxazole rings is 1. The van der Waals surface area contributed by atoms with E-state index in [-0.39, 0.29) is 18.9 Å². The first-order valence-electron chi connectivity index (χ1n) is 12.9. The van der Waals surface area contributed by atoms with Gasteiger partial charge in [0.2, 0.25) is 5.60 Å². The fraction of sp³-hybridized carbons (Fsp3) is 0.357. The topological polar surface area (TPSA) is 104 Å². The van der Waals surface area contributed by atoms with Gasteiger partial charge in [0.1, 0.15) is 23.9 Å². The lowest BCUT2D eigenvalue weighted by Gasteiger charge is -2.35. The Morgan fingerprint density at radius 1 is 1.21 bits per heavy atom. The number of amides is 1. The second-order valence-corrected chi connectivity index (χ2v) is 10.7. The molecule has 1 aliphatic heterocycles. The predicted octanol–water partition coefficient (Wildman–Crippen LogP) is 5.63. The largest absolute Gasteiger partial charge is 0.496 e. The van der Waals surface area contributed by atoms with Crippen LogP contribution in [0.25, 0.3) is 11.3 Å². The highest BCUT2D eigenvalue weighted by Crippen LogP contribution is 2.38. The number of nitrogens with one attached hydrogen (secondary N) is 1. The van der Waals surface area contributed by atoms with E-state index < -0.39 is 30.0 Å². The zero-order valence-corrected chi connectivity index (χ0v) is 24.2. The number of hydrogen-bond acceptors (Lipinski definition) is 7. The van der Waals surface area contributed by atoms with E-state index in [1.807, 2.05) is 23.5 Å². The molecule has 0 saturated heterocycles. The highest BCUT2D eigenvalue weighted by Gasteiger charge is 2.49. The van der Waals surface area contributed by atoms with E-state index in [4.69, 9.17) is 13.9 Å². The number of ether oxygens (including phenoxy) is 2. The van der Waals surface area contributed by atoms with Gasteiger partial charge in [0.05, 0.1) is 25.5 Å². The molecule has 5 rings (SSSR count). The van der Waals surface area contributed by atoms with Crippen molar-refractivity contribution in [1.82, 2.24) is 25.1 Å². The number of aryl methyl sites for hydroxylation is 1. The van der Waals surface area contributed by atoms with Crippen molar-refractivity contribution in [2.75, 3.05) is 13.7 Å². The normalized spacial score (nSPS) is 16.7. The summed E-state index contributed by atoms with van der Waals surface area (Å²) < 4.78 is 72.1. The van der Waals surface area contributed by atoms with Gasteiger partial charge in [-0.3, -0.25) is 4.79 Å². The Morgan fingerprint density at radius 2 is 2.02 bits per heavy atom. The molecule has 9 nitrogen and oxygen atoms in total. The van der Waals surface area contributed by atoms with Crippen molar-refractivity contribution in [1.29, 1.82) is 0 Å². The van der Waals surface area contributed by atoms with Crippen LogP contribution in [0.5, 0.6) is 5.75 Å². The molecule has 0 radical (unpaired) electrons. The molecule has 4 aromatic rings. The quantitative estimate of drug-likeness (QED) is 0.234. The molecule has 0 bridgehead atoms. The van der Waals surface area contributed by atoms with Crippen molar-refractivity contribution in [2.45, 2.75) is 51.1 Å². The summed E-state index contributed by atoms with van der Waals surface area (Å²) in [5, 5.41) is 10.5. The third-order valence-corrected chi connectivity index (χ3v) is 7.66. The number of aromatic nitrogens is 4. The fourth-order valence-electron chi connectivity index (χ4n) is 4.90. The molecule has 42 heavy (non-hydrogen) atoms. The predicted molar refractivity (Wildman–Crippen MR) is 145 cm³/mol. The second kappa shape index (κ2) is 11.8. The molecule has 222 valence electrons. The molecule has 0 fully saturated rings. The Labute approximate surface area is 246 Å². The number of rotatable bonds is 9. The second-order valence-electron chi connectivity index (χ2n) is 9.80. The molecule has 1 unspecified atom stereocenters. The highest BCUT2D eigenvalue weighted by atomic mass is 79.9. The summed E-state index contributed by atoms with van der Waals surface area (Å²) in [6, 6.07) is 9.46. The summed E-state index contributed by atoms with van der Waals surface area (Å²) in [5.41, 5.74) is 0.181. The van der Waals surface area contributed by atoms with E-state index in [1.54, 1.807) is 17.7 Å². The molecule has 0 saturated carbocycles. The highest BCUT2D eigenvalue weighted by molar-refractivity contribution is 9.10. The lowest BCUT2D eigenvalue weighted by Crippen LogP contribution is -2.52. The average molecular weight is 652 g/mol. The summed E-state index contributed by atoms with van der Waals surface area (Å²) in [7, 11) is 1.54. The summed E-state index contributed by atoms with van der Waals surface area (Å²) in [6.07, 6.45) is -2.24. The van der Waals surface area contributed by atoms with Gasteiger partial charge in [0.15, 0.2) is 17.5 Å². The van der Waals surface area contributed by atoms with Gasteiger partial charge >= 0.3 is 6.18 Å². The standard InChI is InChI=1S/C28H26BrF4N5O4/c1-16-34-13-23(42-16)20-7-4-17(10-22(20)40-2)11-24-36-37-25-27(8-3-9-38(24)25,26(39)35-15-28(31,32)33)41-14-18-5-6-19(30)12-21(18)29/h4-7,10,12-13H,3,8-9,11,14-15H2,1-2H3,(H,35,39). The van der Waals surface area contributed by atoms with Gasteiger partial charge in [-0.15, -0.1) is 10.2 Å². The van der Waals surface area contributed by atoms with E-state index in [2.05, 4.69) is 31.1 Å². The summed E-state index contributed by atoms with van der Waals surface area (Å²) in [4.78, 5) is 17.5. The number of fused-ring (bicyclic) bond motifs is 1. The van der Waals surface area contributed by atoms with E-state index in [9.17, 15) is 22.4 Å². The van der Waals surface area contributed by atoms with Crippen LogP contribution in [0.2, 0.25) is 0 Å². The number of methoxy groups -OCH3 is 1. The fourth-order valence-corrected chi connectivity index (χ4v) is 5.36. The van der Waals surface area contributed by atoms with E-state index in [0.29, 0.717) is 58.2 Å². The molecule has 1 atom stereocenters. The first-order valence-corrected chi connectivity index (χ1v) is 13.7. The molecular weight excluding hydrogens is 626 g/mol. The minimum atomic E-state index is -4.63. The molecular formula is C28H26BrF4N5O4. The van der Waals surface area contributed by atoms with Crippen LogP contribution in [0.15, 0.2) is 51.5 Å². The van der Waals surface area contributed by atoms with Gasteiger partial charge in [-0.2, -0.15) is 13.2 Å². The lowest BCUT2D eigenvalue weighted by molar-refractivity contribution is -0.164. The third kappa shape index (κ3) is 6.19. The zero-order chi connectivity index (χ0) is 30.1. The Balaban J connectivity index is 1.46. The smallest absolute Gasteiger partial charge is 0.405 e. The minimum absolute atomic E-state index is 0.0761. The van der Waals surface area contributed by atoms with E-state index in [1.165, 1.54) is 25.3 Å². The Kier molecular flexibility index (Phi) is 8.37. The van der Waals surface area contributed by atoms with Gasteiger partial charge < -0.3 is 23.8 Å². The molecule has 0 spiro atoms. The summed E-state index contributed by atoms with van der Waals surface area (Å²) in [6.45, 7) is 0.448. The zero-order valence-electron chi connectivity index (χ0n) is 22.6. The maximum atomic E-state index is 13.6. The maximum Gasteiger partial charge on any atom is 0.405 e. The van der Waals surface area contributed by atoms with Crippen LogP contribution < -0.4 is 10.1 Å². The number of nitrogens with zero attached hydrogens (tertiary/aromatic N) is 4. The van der Waals surface area contributed by atoms with Crippen LogP contribution >= 0.6 is 15.9 Å². The van der Waals surface area contributed by atoms with Crippen molar-refractivity contribution >= 4 is 21.8 Å². The molecule has 0 aliphatic carbocycles. The Morgan fingerprint density at radius 3 is 2.71 bits per heavy atom. The average Bonchev–Trinajstić information content (AvgIpc) is 3.57. The van der Waals surface area contributed by atoms with Gasteiger partial charge in [0.25, 0.3) is 5.91 Å². The van der Waals surface area contributed by atoms with Crippen LogP contribution in [0, 0.1) is 12.7 Å². The first-order chi connectivity index (χ1) is 20.0. The maximum absolute atomic E-state index is 13.6. The number of benzene rings is 2. The number of halogens is 5. The molecule has 14 heteroatoms. The first kappa shape index (κ1) is 29.7. The Bertz CT molecular complexity index is 1610. The lowest BCUT2D eigenvalue weighted by atomic mass is 9.91. The summed E-state index contributed by atoms with van der Waals surface area (Å²) in [5.74, 6) is 0.753. The number of hydrogen-bond donors (Lipinski definition) is 1. The monoisotopic (exact) mass is 651 g/mol. The molecule has 2 aromatic carbocycles. The Hall–Kier alpha value is -3.78. The molecule has 1 amide bonds. The minimum Gasteiger partial charge on any atom is -0.496 e. The van der Waals surface area contributed by atoms with E-state index in [0.717, 1.165) is 5.56 Å². The SMILES string of the molecule is COc1cc(Cc2nnc3n2CCCC3(OCc2ccc(F)cc2Br)C(=O)NCC(F)(F)F)ccc1-c1cnc(C)o1. The van der Waals surface area contributed by atoms with Crippen LogP contribution in [0.3, 0.4) is 0 Å². The van der Waals surface area contributed by atoms with Crippen LogP contribution in [-0.2, 0) is 34.7 Å². The molecule has 1 aliphatic rings. The van der Waals surface area contributed by atoms with Crippen LogP contribution in [0.4, 0.5) is 17.6 Å². The van der Waals surface area contributed by atoms with Gasteiger partial charge in [-0.1, -0.05) is 28.1 Å².